The van der Waals surface area contributed by atoms with Gasteiger partial charge in [0.25, 0.3) is 0 Å². The van der Waals surface area contributed by atoms with Gasteiger partial charge >= 0.3 is 6.03 Å². The molecule has 2 rings (SSSR count). The maximum atomic E-state index is 12.1. The molecule has 2 N–H and O–H groups in total. The Kier molecular flexibility index (Phi) is 5.79. The average molecular weight is 325 g/mol. The summed E-state index contributed by atoms with van der Waals surface area (Å²) in [7, 11) is -3.19. The number of urea groups is 1. The molecule has 1 aliphatic rings. The summed E-state index contributed by atoms with van der Waals surface area (Å²) in [5.41, 5.74) is 0.762. The number of nitrogens with zero attached hydrogens (tertiary/aromatic N) is 1. The Hall–Kier alpha value is -1.60. The molecular formula is C15H23N3O3S. The largest absolute Gasteiger partial charge is 0.324 e. The summed E-state index contributed by atoms with van der Waals surface area (Å²) in [6.07, 6.45) is 1.89. The number of nitrogens with one attached hydrogen (secondary N) is 2. The van der Waals surface area contributed by atoms with Gasteiger partial charge < -0.3 is 10.2 Å². The molecule has 0 atom stereocenters. The van der Waals surface area contributed by atoms with Crippen LogP contribution in [0, 0.1) is 0 Å². The minimum atomic E-state index is -3.19. The highest BCUT2D eigenvalue weighted by Gasteiger charge is 2.25. The molecule has 0 aliphatic carbocycles. The summed E-state index contributed by atoms with van der Waals surface area (Å²) in [5, 5.41) is 2.84. The molecule has 0 radical (unpaired) electrons. The number of piperidine rings is 1. The molecule has 1 fully saturated rings. The van der Waals surface area contributed by atoms with Crippen LogP contribution in [0.2, 0.25) is 0 Å². The Morgan fingerprint density at radius 1 is 1.23 bits per heavy atom. The fourth-order valence-corrected chi connectivity index (χ4v) is 3.90. The minimum Gasteiger partial charge on any atom is -0.324 e. The van der Waals surface area contributed by atoms with Crippen molar-refractivity contribution in [3.8, 4) is 0 Å². The second kappa shape index (κ2) is 7.60. The van der Waals surface area contributed by atoms with Crippen molar-refractivity contribution >= 4 is 21.7 Å². The first-order valence-corrected chi connectivity index (χ1v) is 9.26. The molecular weight excluding hydrogens is 302 g/mol. The summed E-state index contributed by atoms with van der Waals surface area (Å²) in [6.45, 7) is 2.95. The maximum Gasteiger partial charge on any atom is 0.321 e. The molecule has 22 heavy (non-hydrogen) atoms. The minimum absolute atomic E-state index is 0.0719. The quantitative estimate of drug-likeness (QED) is 0.869. The molecule has 1 aromatic rings. The second-order valence-electron chi connectivity index (χ2n) is 5.49. The van der Waals surface area contributed by atoms with Crippen LogP contribution in [0.4, 0.5) is 10.5 Å². The van der Waals surface area contributed by atoms with Crippen LogP contribution in [0.25, 0.3) is 0 Å². The molecule has 0 aromatic heterocycles. The second-order valence-corrected chi connectivity index (χ2v) is 7.37. The zero-order valence-corrected chi connectivity index (χ0v) is 13.6. The van der Waals surface area contributed by atoms with Crippen LogP contribution in [0.5, 0.6) is 0 Å². The Balaban J connectivity index is 1.80. The van der Waals surface area contributed by atoms with Crippen molar-refractivity contribution in [3.63, 3.8) is 0 Å². The fraction of sp³-hybridized carbons (Fsp3) is 0.533. The van der Waals surface area contributed by atoms with Crippen molar-refractivity contribution in [1.82, 2.24) is 9.62 Å². The predicted octanol–water partition coefficient (Wildman–Crippen LogP) is 2.01. The Morgan fingerprint density at radius 2 is 1.86 bits per heavy atom. The number of carbonyl (C=O) groups is 1. The van der Waals surface area contributed by atoms with E-state index in [-0.39, 0.29) is 17.8 Å². The lowest BCUT2D eigenvalue weighted by molar-refractivity contribution is 0.193. The SMILES string of the molecule is CCCS(=O)(=O)NC1CCN(C(=O)Nc2ccccc2)CC1. The van der Waals surface area contributed by atoms with Crippen molar-refractivity contribution in [2.45, 2.75) is 32.2 Å². The fourth-order valence-electron chi connectivity index (χ4n) is 2.51. The summed E-state index contributed by atoms with van der Waals surface area (Å²) in [5.74, 6) is 0.154. The molecule has 2 amide bonds. The molecule has 0 unspecified atom stereocenters. The molecule has 1 saturated heterocycles. The van der Waals surface area contributed by atoms with Crippen LogP contribution in [0.15, 0.2) is 30.3 Å². The van der Waals surface area contributed by atoms with Gasteiger partial charge in [-0.25, -0.2) is 17.9 Å². The number of carbonyl (C=O) groups excluding carboxylic acids is 1. The summed E-state index contributed by atoms with van der Waals surface area (Å²) < 4.78 is 26.2. The number of benzene rings is 1. The summed E-state index contributed by atoms with van der Waals surface area (Å²) in [6, 6.07) is 9.09. The van der Waals surface area contributed by atoms with Gasteiger partial charge in [0.2, 0.25) is 10.0 Å². The molecule has 1 heterocycles. The molecule has 7 heteroatoms. The van der Waals surface area contributed by atoms with Gasteiger partial charge in [-0.3, -0.25) is 0 Å². The smallest absolute Gasteiger partial charge is 0.321 e. The van der Waals surface area contributed by atoms with Crippen LogP contribution in [0.1, 0.15) is 26.2 Å². The zero-order valence-electron chi connectivity index (χ0n) is 12.8. The number of para-hydroxylation sites is 1. The van der Waals surface area contributed by atoms with Crippen LogP contribution < -0.4 is 10.0 Å². The van der Waals surface area contributed by atoms with Crippen molar-refractivity contribution in [1.29, 1.82) is 0 Å². The predicted molar refractivity (Wildman–Crippen MR) is 87.3 cm³/mol. The van der Waals surface area contributed by atoms with E-state index in [1.54, 1.807) is 4.90 Å². The third kappa shape index (κ3) is 4.99. The van der Waals surface area contributed by atoms with E-state index >= 15 is 0 Å². The molecule has 122 valence electrons. The Morgan fingerprint density at radius 3 is 2.45 bits per heavy atom. The topological polar surface area (TPSA) is 78.5 Å². The third-order valence-electron chi connectivity index (χ3n) is 3.63. The molecule has 0 bridgehead atoms. The lowest BCUT2D eigenvalue weighted by Gasteiger charge is -2.32. The highest BCUT2D eigenvalue weighted by Crippen LogP contribution is 2.14. The van der Waals surface area contributed by atoms with E-state index in [4.69, 9.17) is 0 Å². The number of hydrogen-bond donors (Lipinski definition) is 2. The van der Waals surface area contributed by atoms with E-state index in [1.807, 2.05) is 37.3 Å². The van der Waals surface area contributed by atoms with Crippen LogP contribution in [0.3, 0.4) is 0 Å². The van der Waals surface area contributed by atoms with Gasteiger partial charge in [-0.15, -0.1) is 0 Å². The summed E-state index contributed by atoms with van der Waals surface area (Å²) >= 11 is 0. The number of amides is 2. The number of anilines is 1. The van der Waals surface area contributed by atoms with Crippen molar-refractivity contribution in [2.75, 3.05) is 24.2 Å². The van der Waals surface area contributed by atoms with E-state index in [2.05, 4.69) is 10.0 Å². The lowest BCUT2D eigenvalue weighted by atomic mass is 10.1. The number of hydrogen-bond acceptors (Lipinski definition) is 3. The zero-order chi connectivity index (χ0) is 16.0. The van der Waals surface area contributed by atoms with Gasteiger partial charge in [0.1, 0.15) is 0 Å². The Bertz CT molecular complexity index is 581. The average Bonchev–Trinajstić information content (AvgIpc) is 2.48. The van der Waals surface area contributed by atoms with E-state index < -0.39 is 10.0 Å². The van der Waals surface area contributed by atoms with Gasteiger partial charge in [0.15, 0.2) is 0 Å². The molecule has 1 aliphatic heterocycles. The highest BCUT2D eigenvalue weighted by molar-refractivity contribution is 7.89. The standard InChI is InChI=1S/C15H23N3O3S/c1-2-12-22(20,21)17-14-8-10-18(11-9-14)15(19)16-13-6-4-3-5-7-13/h3-7,14,17H,2,8-12H2,1H3,(H,16,19). The maximum absolute atomic E-state index is 12.1. The van der Waals surface area contributed by atoms with E-state index in [9.17, 15) is 13.2 Å². The highest BCUT2D eigenvalue weighted by atomic mass is 32.2. The number of likely N-dealkylation sites (tertiary alicyclic amines) is 1. The Labute approximate surface area is 131 Å². The van der Waals surface area contributed by atoms with Crippen molar-refractivity contribution < 1.29 is 13.2 Å². The normalized spacial score (nSPS) is 16.5. The molecule has 0 saturated carbocycles. The monoisotopic (exact) mass is 325 g/mol. The first kappa shape index (κ1) is 16.8. The van der Waals surface area contributed by atoms with Gasteiger partial charge in [0, 0.05) is 24.8 Å². The first-order valence-electron chi connectivity index (χ1n) is 7.61. The molecule has 6 nitrogen and oxygen atoms in total. The number of rotatable bonds is 5. The van der Waals surface area contributed by atoms with Crippen LogP contribution in [-0.2, 0) is 10.0 Å². The van der Waals surface area contributed by atoms with Gasteiger partial charge in [0.05, 0.1) is 5.75 Å². The third-order valence-corrected chi connectivity index (χ3v) is 5.26. The molecule has 0 spiro atoms. The van der Waals surface area contributed by atoms with Gasteiger partial charge in [-0.1, -0.05) is 25.1 Å². The van der Waals surface area contributed by atoms with Crippen LogP contribution >= 0.6 is 0 Å². The van der Waals surface area contributed by atoms with Gasteiger partial charge in [-0.05, 0) is 31.4 Å². The first-order chi connectivity index (χ1) is 10.5. The van der Waals surface area contributed by atoms with E-state index in [1.165, 1.54) is 0 Å². The lowest BCUT2D eigenvalue weighted by Crippen LogP contribution is -2.48. The summed E-state index contributed by atoms with van der Waals surface area (Å²) in [4.78, 5) is 13.9. The van der Waals surface area contributed by atoms with Crippen LogP contribution in [-0.4, -0.2) is 44.2 Å². The van der Waals surface area contributed by atoms with Crippen molar-refractivity contribution in [2.24, 2.45) is 0 Å². The van der Waals surface area contributed by atoms with Gasteiger partial charge in [-0.2, -0.15) is 0 Å². The molecule has 1 aromatic carbocycles. The number of sulfonamides is 1. The van der Waals surface area contributed by atoms with Crippen molar-refractivity contribution in [3.05, 3.63) is 30.3 Å². The van der Waals surface area contributed by atoms with E-state index in [0.29, 0.717) is 32.4 Å². The van der Waals surface area contributed by atoms with E-state index in [0.717, 1.165) is 5.69 Å².